The molecule has 14 rings (SSSR count). The van der Waals surface area contributed by atoms with E-state index in [1.165, 1.54) is 20.4 Å². The van der Waals surface area contributed by atoms with Gasteiger partial charge < -0.3 is 48.0 Å². The number of aromatic nitrogens is 11. The van der Waals surface area contributed by atoms with E-state index in [4.69, 9.17) is 74.8 Å². The minimum absolute atomic E-state index is 0.0366. The van der Waals surface area contributed by atoms with Gasteiger partial charge in [0.05, 0.1) is 65.3 Å². The monoisotopic (exact) mass is 1420 g/mol. The fourth-order valence-electron chi connectivity index (χ4n) is 12.6. The van der Waals surface area contributed by atoms with Gasteiger partial charge in [0, 0.05) is 109 Å². The first-order valence-corrected chi connectivity index (χ1v) is 34.8. The van der Waals surface area contributed by atoms with Crippen LogP contribution in [-0.4, -0.2) is 145 Å². The van der Waals surface area contributed by atoms with Crippen molar-refractivity contribution in [1.29, 1.82) is 0 Å². The molecule has 0 amide bonds. The molecule has 4 aliphatic rings. The van der Waals surface area contributed by atoms with Gasteiger partial charge in [-0.25, -0.2) is 33.1 Å². The highest BCUT2D eigenvalue weighted by Crippen LogP contribution is 2.43. The van der Waals surface area contributed by atoms with Gasteiger partial charge in [0.2, 0.25) is 11.6 Å². The minimum Gasteiger partial charge on any atom is -0.491 e. The number of ether oxygens (including phenoxy) is 6. The van der Waals surface area contributed by atoms with Crippen molar-refractivity contribution in [2.24, 2.45) is 0 Å². The molecule has 0 spiro atoms. The molecule has 4 saturated heterocycles. The lowest BCUT2D eigenvalue weighted by Crippen LogP contribution is -2.46. The summed E-state index contributed by atoms with van der Waals surface area (Å²) in [6.45, 7) is 16.5. The zero-order valence-electron chi connectivity index (χ0n) is 55.4. The lowest BCUT2D eigenvalue weighted by molar-refractivity contribution is -0.192. The molecule has 4 fully saturated rings. The van der Waals surface area contributed by atoms with Crippen molar-refractivity contribution in [1.82, 2.24) is 53.7 Å². The van der Waals surface area contributed by atoms with Gasteiger partial charge in [-0.1, -0.05) is 78.5 Å². The van der Waals surface area contributed by atoms with Crippen molar-refractivity contribution in [2.75, 3.05) is 98.4 Å². The van der Waals surface area contributed by atoms with Crippen molar-refractivity contribution >= 4 is 69.2 Å². The van der Waals surface area contributed by atoms with Crippen LogP contribution in [0.2, 0.25) is 20.1 Å². The van der Waals surface area contributed by atoms with Gasteiger partial charge >= 0.3 is 11.4 Å². The van der Waals surface area contributed by atoms with Crippen LogP contribution in [0.15, 0.2) is 187 Å². The van der Waals surface area contributed by atoms with Gasteiger partial charge in [0.25, 0.3) is 0 Å². The Morgan fingerprint density at radius 2 is 0.970 bits per heavy atom. The number of rotatable bonds is 22. The molecule has 5 aromatic carbocycles. The Morgan fingerprint density at radius 3 is 1.45 bits per heavy atom. The van der Waals surface area contributed by atoms with E-state index in [2.05, 4.69) is 86.4 Å². The number of halogens is 4. The highest BCUT2D eigenvalue weighted by atomic mass is 35.5. The van der Waals surface area contributed by atoms with E-state index in [0.29, 0.717) is 64.3 Å². The summed E-state index contributed by atoms with van der Waals surface area (Å²) in [6, 6.07) is 42.9. The quantitative estimate of drug-likeness (QED) is 0.0619. The SMILES string of the molecule is CCC(C)n1ncn(-c2ccc(N3CCN(c4ccc(OCC5COC(Cc6cccnc6)(c6ccc(Cl)cc6Cl)O5)cc4)CC3)cc2)c1=O.CCC(C)n1ncn(-c2ccc(N3CCN(c4ccc(OCC5COC(Cn6nccn6)(c6ccc(Cl)cc6Cl)O5)cc4)CC3)cn2)c1=O. The summed E-state index contributed by atoms with van der Waals surface area (Å²) in [6.07, 6.45) is 13.2. The smallest absolute Gasteiger partial charge is 0.351 e. The molecule has 6 unspecified atom stereocenters. The average Bonchev–Trinajstić information content (AvgIpc) is 1.75. The third kappa shape index (κ3) is 15.7. The van der Waals surface area contributed by atoms with Crippen LogP contribution in [-0.2, 0) is 43.5 Å². The molecule has 0 radical (unpaired) electrons. The Kier molecular flexibility index (Phi) is 21.4. The molecule has 10 aromatic rings. The molecule has 516 valence electrons. The summed E-state index contributed by atoms with van der Waals surface area (Å²) in [7, 11) is 0. The number of hydrogen-bond acceptors (Lipinski definition) is 18. The van der Waals surface area contributed by atoms with Gasteiger partial charge in [-0.05, 0) is 148 Å². The number of hydrogen-bond donors (Lipinski definition) is 0. The molecule has 0 aliphatic carbocycles. The maximum Gasteiger partial charge on any atom is 0.351 e. The standard InChI is InChI=1S/C38H40Cl2N6O4.C34H37Cl2N9O4/c1-3-27(2)46-37(47)45(26-42-46)32-9-7-30(8-10-32)43-17-19-44(20-18-43)31-11-13-33(14-12-31)48-24-34-25-49-38(50-34,22-28-5-4-16-41-23-28)35-15-6-29(39)21-36(35)40;1-3-24(2)45-33(46)43(23-40-45)32-11-7-27(19-37-32)42-16-14-41(15-17-42)26-5-8-28(9-6-26)47-20-29-21-48-34(49-29,22-44-38-12-13-39-44)30-10-4-25(35)18-31(30)36/h4-16,21,23,26-27,34H,3,17-20,22,24-25H2,1-2H3;4-13,18-19,23-24,29H,3,14-17,20-22H2,1-2H3. The summed E-state index contributed by atoms with van der Waals surface area (Å²) in [5.74, 6) is -0.201. The highest BCUT2D eigenvalue weighted by molar-refractivity contribution is 6.35. The van der Waals surface area contributed by atoms with Gasteiger partial charge in [0.1, 0.15) is 61.9 Å². The summed E-state index contributed by atoms with van der Waals surface area (Å²) in [5, 5.41) is 19.0. The molecule has 6 atom stereocenters. The summed E-state index contributed by atoms with van der Waals surface area (Å²) in [4.78, 5) is 45.3. The first-order chi connectivity index (χ1) is 48.1. The van der Waals surface area contributed by atoms with E-state index in [1.54, 1.807) is 70.7 Å². The van der Waals surface area contributed by atoms with Gasteiger partial charge in [-0.2, -0.15) is 25.2 Å². The van der Waals surface area contributed by atoms with Crippen molar-refractivity contribution in [3.8, 4) is 23.0 Å². The zero-order valence-corrected chi connectivity index (χ0v) is 58.4. The van der Waals surface area contributed by atoms with Crippen LogP contribution in [0, 0.1) is 0 Å². The van der Waals surface area contributed by atoms with Crippen LogP contribution < -0.4 is 40.5 Å². The van der Waals surface area contributed by atoms with Crippen LogP contribution in [0.1, 0.15) is 69.3 Å². The molecule has 0 N–H and O–H groups in total. The van der Waals surface area contributed by atoms with Gasteiger partial charge in [0.15, 0.2) is 0 Å². The summed E-state index contributed by atoms with van der Waals surface area (Å²) in [5.41, 5.74) is 7.30. The summed E-state index contributed by atoms with van der Waals surface area (Å²) < 4.78 is 44.0. The predicted octanol–water partition coefficient (Wildman–Crippen LogP) is 11.9. The molecular weight excluding hydrogens is 1340 g/mol. The van der Waals surface area contributed by atoms with Crippen LogP contribution in [0.3, 0.4) is 0 Å². The Hall–Kier alpha value is -8.78. The first kappa shape index (κ1) is 68.7. The lowest BCUT2D eigenvalue weighted by atomic mass is 9.98. The topological polar surface area (TPSA) is 204 Å². The molecule has 9 heterocycles. The molecule has 5 aromatic heterocycles. The van der Waals surface area contributed by atoms with Crippen molar-refractivity contribution < 1.29 is 28.4 Å². The second-order valence-corrected chi connectivity index (χ2v) is 26.6. The first-order valence-electron chi connectivity index (χ1n) is 33.3. The second-order valence-electron chi connectivity index (χ2n) is 24.9. The number of anilines is 4. The Bertz CT molecular complexity index is 4420. The van der Waals surface area contributed by atoms with E-state index >= 15 is 0 Å². The van der Waals surface area contributed by atoms with Gasteiger partial charge in [-0.15, -0.1) is 0 Å². The van der Waals surface area contributed by atoms with Crippen LogP contribution >= 0.6 is 46.4 Å². The van der Waals surface area contributed by atoms with Gasteiger partial charge in [-0.3, -0.25) is 4.98 Å². The minimum atomic E-state index is -1.18. The third-order valence-electron chi connectivity index (χ3n) is 18.5. The van der Waals surface area contributed by atoms with E-state index < -0.39 is 11.6 Å². The number of nitrogens with zero attached hydrogens (tertiary/aromatic N) is 15. The summed E-state index contributed by atoms with van der Waals surface area (Å²) >= 11 is 25.6. The third-order valence-corrected chi connectivity index (χ3v) is 19.5. The van der Waals surface area contributed by atoms with Crippen LogP contribution in [0.25, 0.3) is 11.5 Å². The van der Waals surface area contributed by atoms with Crippen molar-refractivity contribution in [2.45, 2.75) is 89.4 Å². The van der Waals surface area contributed by atoms with E-state index in [-0.39, 0.29) is 42.2 Å². The fourth-order valence-corrected chi connectivity index (χ4v) is 13.7. The normalized spacial score (nSPS) is 20.0. The van der Waals surface area contributed by atoms with E-state index in [9.17, 15) is 9.59 Å². The molecule has 99 heavy (non-hydrogen) atoms. The molecular formula is C72H77Cl4N15O8. The molecule has 23 nitrogen and oxygen atoms in total. The fraction of sp³-hybridized carbons (Fsp3) is 0.361. The number of benzene rings is 5. The maximum atomic E-state index is 12.8. The number of piperazine rings is 2. The van der Waals surface area contributed by atoms with E-state index in [1.807, 2.05) is 101 Å². The average molecular weight is 1420 g/mol. The lowest BCUT2D eigenvalue weighted by Gasteiger charge is -2.37. The van der Waals surface area contributed by atoms with Crippen LogP contribution in [0.4, 0.5) is 22.7 Å². The Balaban J connectivity index is 0.000000178. The highest BCUT2D eigenvalue weighted by Gasteiger charge is 2.47. The molecule has 27 heteroatoms. The van der Waals surface area contributed by atoms with Crippen molar-refractivity contribution in [3.05, 3.63) is 235 Å². The zero-order chi connectivity index (χ0) is 68.6. The van der Waals surface area contributed by atoms with Crippen molar-refractivity contribution in [3.63, 3.8) is 0 Å². The maximum absolute atomic E-state index is 12.8. The van der Waals surface area contributed by atoms with E-state index in [0.717, 1.165) is 116 Å². The Labute approximate surface area is 593 Å². The van der Waals surface area contributed by atoms with Crippen LogP contribution in [0.5, 0.6) is 11.5 Å². The molecule has 0 bridgehead atoms. The number of pyridine rings is 2. The Morgan fingerprint density at radius 1 is 0.515 bits per heavy atom. The molecule has 0 saturated carbocycles. The second kappa shape index (κ2) is 30.8. The predicted molar refractivity (Wildman–Crippen MR) is 382 cm³/mol. The molecule has 4 aliphatic heterocycles. The largest absolute Gasteiger partial charge is 0.491 e.